The van der Waals surface area contributed by atoms with E-state index in [1.54, 1.807) is 6.92 Å². The van der Waals surface area contributed by atoms with E-state index in [1.165, 1.54) is 13.2 Å². The Hall–Kier alpha value is -1.83. The van der Waals surface area contributed by atoms with E-state index in [1.807, 2.05) is 0 Å². The Labute approximate surface area is 119 Å². The largest absolute Gasteiger partial charge is 0.471 e. The summed E-state index contributed by atoms with van der Waals surface area (Å²) in [5, 5.41) is 13.8. The topological polar surface area (TPSA) is 66.0 Å². The van der Waals surface area contributed by atoms with Crippen LogP contribution < -0.4 is 0 Å². The first-order valence-corrected chi connectivity index (χ1v) is 6.43. The first kappa shape index (κ1) is 15.6. The minimum Gasteiger partial charge on any atom is -0.471 e. The van der Waals surface area contributed by atoms with Gasteiger partial charge in [0.2, 0.25) is 0 Å². The van der Waals surface area contributed by atoms with E-state index < -0.39 is 24.2 Å². The minimum atomic E-state index is -5.00. The third-order valence-electron chi connectivity index (χ3n) is 3.31. The van der Waals surface area contributed by atoms with Crippen LogP contribution in [0, 0.1) is 6.92 Å². The third kappa shape index (κ3) is 2.55. The molecule has 1 aromatic heterocycles. The Morgan fingerprint density at radius 1 is 1.52 bits per heavy atom. The maximum absolute atomic E-state index is 13.2. The Morgan fingerprint density at radius 2 is 2.19 bits per heavy atom. The number of alkyl halides is 3. The smallest absolute Gasteiger partial charge is 0.438 e. The number of halogens is 3. The molecule has 1 aliphatic heterocycles. The Kier molecular flexibility index (Phi) is 3.83. The molecule has 2 heterocycles. The van der Waals surface area contributed by atoms with E-state index in [0.29, 0.717) is 12.0 Å². The summed E-state index contributed by atoms with van der Waals surface area (Å²) in [6, 6.07) is 0. The van der Waals surface area contributed by atoms with Crippen LogP contribution in [0.3, 0.4) is 0 Å². The normalized spacial score (nSPS) is 22.6. The molecule has 2 rings (SSSR count). The molecule has 0 spiro atoms. The Balaban J connectivity index is 2.41. The summed E-state index contributed by atoms with van der Waals surface area (Å²) in [5.74, 6) is -1.04. The van der Waals surface area contributed by atoms with Gasteiger partial charge in [0.1, 0.15) is 6.26 Å². The zero-order valence-corrected chi connectivity index (χ0v) is 11.6. The molecule has 0 fully saturated rings. The lowest BCUT2D eigenvalue weighted by Crippen LogP contribution is -2.56. The quantitative estimate of drug-likeness (QED) is 0.933. The van der Waals surface area contributed by atoms with Crippen LogP contribution >= 0.6 is 0 Å². The summed E-state index contributed by atoms with van der Waals surface area (Å²) in [6.45, 7) is 3.30. The number of carbonyl (C=O) groups excluding carboxylic acids is 1. The van der Waals surface area contributed by atoms with Crippen molar-refractivity contribution in [1.29, 1.82) is 0 Å². The summed E-state index contributed by atoms with van der Waals surface area (Å²) in [7, 11) is 0. The van der Waals surface area contributed by atoms with Gasteiger partial charge in [-0.05, 0) is 13.3 Å². The van der Waals surface area contributed by atoms with E-state index >= 15 is 0 Å². The summed E-state index contributed by atoms with van der Waals surface area (Å²) in [4.78, 5) is 12.2. The highest BCUT2D eigenvalue weighted by Crippen LogP contribution is 2.41. The van der Waals surface area contributed by atoms with Gasteiger partial charge in [-0.15, -0.1) is 0 Å². The fourth-order valence-corrected chi connectivity index (χ4v) is 2.17. The van der Waals surface area contributed by atoms with Crippen LogP contribution in [0.25, 0.3) is 0 Å². The predicted molar refractivity (Wildman–Crippen MR) is 67.6 cm³/mol. The maximum Gasteiger partial charge on any atom is 0.438 e. The Morgan fingerprint density at radius 3 is 2.67 bits per heavy atom. The van der Waals surface area contributed by atoms with Gasteiger partial charge in [0.25, 0.3) is 11.6 Å². The number of nitrogens with zero attached hydrogens (tertiary/aromatic N) is 2. The molecule has 21 heavy (non-hydrogen) atoms. The first-order chi connectivity index (χ1) is 9.70. The average molecular weight is 304 g/mol. The fourth-order valence-electron chi connectivity index (χ4n) is 2.17. The van der Waals surface area contributed by atoms with Gasteiger partial charge in [-0.25, -0.2) is 0 Å². The predicted octanol–water partition coefficient (Wildman–Crippen LogP) is 2.84. The van der Waals surface area contributed by atoms with Crippen LogP contribution in [0.15, 0.2) is 22.0 Å². The average Bonchev–Trinajstić information content (AvgIpc) is 2.93. The maximum atomic E-state index is 13.2. The first-order valence-electron chi connectivity index (χ1n) is 6.43. The van der Waals surface area contributed by atoms with Crippen LogP contribution in [-0.2, 0) is 0 Å². The molecule has 1 aromatic rings. The van der Waals surface area contributed by atoms with Crippen LogP contribution in [-0.4, -0.2) is 33.6 Å². The lowest BCUT2D eigenvalue weighted by atomic mass is 10.0. The van der Waals surface area contributed by atoms with Crippen molar-refractivity contribution in [3.05, 3.63) is 23.7 Å². The summed E-state index contributed by atoms with van der Waals surface area (Å²) < 4.78 is 44.3. The van der Waals surface area contributed by atoms with Gasteiger partial charge in [0, 0.05) is 17.7 Å². The van der Waals surface area contributed by atoms with Crippen molar-refractivity contribution >= 4 is 11.6 Å². The number of hydrogen-bond acceptors (Lipinski definition) is 4. The molecule has 5 nitrogen and oxygen atoms in total. The Bertz CT molecular complexity index is 579. The molecular formula is C13H15F3N2O3. The van der Waals surface area contributed by atoms with Crippen molar-refractivity contribution in [3.8, 4) is 0 Å². The van der Waals surface area contributed by atoms with Crippen molar-refractivity contribution in [1.82, 2.24) is 5.01 Å². The third-order valence-corrected chi connectivity index (χ3v) is 3.31. The molecule has 0 saturated heterocycles. The second-order valence-electron chi connectivity index (χ2n) is 4.99. The number of aryl methyl sites for hydroxylation is 1. The van der Waals surface area contributed by atoms with Gasteiger partial charge >= 0.3 is 6.18 Å². The van der Waals surface area contributed by atoms with Gasteiger partial charge in [-0.1, -0.05) is 13.3 Å². The molecule has 1 amide bonds. The summed E-state index contributed by atoms with van der Waals surface area (Å²) >= 11 is 0. The zero-order valence-electron chi connectivity index (χ0n) is 11.6. The number of rotatable bonds is 3. The molecule has 1 N–H and O–H groups in total. The monoisotopic (exact) mass is 304 g/mol. The molecule has 1 aliphatic rings. The van der Waals surface area contributed by atoms with Crippen molar-refractivity contribution < 1.29 is 27.5 Å². The van der Waals surface area contributed by atoms with E-state index in [9.17, 15) is 23.1 Å². The van der Waals surface area contributed by atoms with Crippen molar-refractivity contribution in [2.75, 3.05) is 0 Å². The number of hydrogen-bond donors (Lipinski definition) is 1. The van der Waals surface area contributed by atoms with Crippen molar-refractivity contribution in [2.24, 2.45) is 5.10 Å². The molecular weight excluding hydrogens is 289 g/mol. The van der Waals surface area contributed by atoms with Crippen LogP contribution in [0.4, 0.5) is 13.2 Å². The van der Waals surface area contributed by atoms with Gasteiger partial charge in [0.15, 0.2) is 0 Å². The second-order valence-corrected chi connectivity index (χ2v) is 4.99. The molecule has 0 aliphatic carbocycles. The van der Waals surface area contributed by atoms with Gasteiger partial charge in [0.05, 0.1) is 11.8 Å². The lowest BCUT2D eigenvalue weighted by Gasteiger charge is -2.32. The van der Waals surface area contributed by atoms with E-state index in [-0.39, 0.29) is 22.7 Å². The van der Waals surface area contributed by atoms with Gasteiger partial charge in [-0.3, -0.25) is 4.79 Å². The van der Waals surface area contributed by atoms with Gasteiger partial charge in [-0.2, -0.15) is 23.3 Å². The molecule has 1 unspecified atom stereocenters. The van der Waals surface area contributed by atoms with E-state index in [4.69, 9.17) is 4.42 Å². The fraction of sp³-hybridized carbons (Fsp3) is 0.538. The zero-order chi connectivity index (χ0) is 15.8. The number of aliphatic hydroxyl groups is 1. The lowest BCUT2D eigenvalue weighted by molar-refractivity contribution is -0.297. The number of amides is 1. The van der Waals surface area contributed by atoms with Gasteiger partial charge < -0.3 is 9.52 Å². The summed E-state index contributed by atoms with van der Waals surface area (Å²) in [5.41, 5.74) is -2.84. The van der Waals surface area contributed by atoms with Crippen LogP contribution in [0.1, 0.15) is 42.1 Å². The molecule has 0 aromatic carbocycles. The number of hydrazone groups is 1. The number of carbonyl (C=O) groups is 1. The highest BCUT2D eigenvalue weighted by molar-refractivity contribution is 5.99. The molecule has 0 radical (unpaired) electrons. The van der Waals surface area contributed by atoms with Crippen molar-refractivity contribution in [3.63, 3.8) is 0 Å². The van der Waals surface area contributed by atoms with E-state index in [0.717, 1.165) is 6.26 Å². The van der Waals surface area contributed by atoms with Crippen LogP contribution in [0.2, 0.25) is 0 Å². The molecule has 0 bridgehead atoms. The highest BCUT2D eigenvalue weighted by atomic mass is 19.4. The van der Waals surface area contributed by atoms with E-state index in [2.05, 4.69) is 5.10 Å². The standard InChI is InChI=1S/C13H15F3N2O3/c1-3-4-9-5-12(20,13(14,15)16)18(17-9)11(19)10-7-21-6-8(10)2/h6-7,20H,3-5H2,1-2H3. The summed E-state index contributed by atoms with van der Waals surface area (Å²) in [6.07, 6.45) is -2.59. The van der Waals surface area contributed by atoms with Crippen LogP contribution in [0.5, 0.6) is 0 Å². The SMILES string of the molecule is CCCC1=NN(C(=O)c2cocc2C)C(O)(C(F)(F)F)C1. The second kappa shape index (κ2) is 5.18. The minimum absolute atomic E-state index is 0.0563. The molecule has 0 saturated carbocycles. The molecule has 1 atom stereocenters. The van der Waals surface area contributed by atoms with Crippen molar-refractivity contribution in [2.45, 2.75) is 45.0 Å². The number of furan rings is 1. The molecule has 8 heteroatoms. The highest BCUT2D eigenvalue weighted by Gasteiger charge is 2.63. The molecule has 116 valence electrons.